The van der Waals surface area contributed by atoms with Gasteiger partial charge < -0.3 is 10.6 Å². The average molecular weight is 292 g/mol. The van der Waals surface area contributed by atoms with Crippen molar-refractivity contribution in [1.82, 2.24) is 9.78 Å². The Morgan fingerprint density at radius 1 is 1.29 bits per heavy atom. The third kappa shape index (κ3) is 3.79. The van der Waals surface area contributed by atoms with Crippen molar-refractivity contribution in [2.24, 2.45) is 12.8 Å². The van der Waals surface area contributed by atoms with Crippen LogP contribution in [0.25, 0.3) is 0 Å². The zero-order valence-corrected chi connectivity index (χ0v) is 14.2. The lowest BCUT2D eigenvalue weighted by atomic mass is 10.0. The maximum atomic E-state index is 6.20. The van der Waals surface area contributed by atoms with Crippen molar-refractivity contribution in [3.63, 3.8) is 0 Å². The van der Waals surface area contributed by atoms with E-state index in [1.165, 1.54) is 49.9 Å². The number of hydrogen-bond acceptors (Lipinski definition) is 3. The number of aromatic nitrogens is 2. The largest absolute Gasteiger partial charge is 0.357 e. The third-order valence-corrected chi connectivity index (χ3v) is 5.01. The molecule has 0 radical (unpaired) electrons. The molecular weight excluding hydrogens is 260 g/mol. The fourth-order valence-electron chi connectivity index (χ4n) is 3.59. The molecule has 1 unspecified atom stereocenters. The van der Waals surface area contributed by atoms with Gasteiger partial charge in [-0.25, -0.2) is 0 Å². The summed E-state index contributed by atoms with van der Waals surface area (Å²) in [6.07, 6.45) is 10.1. The molecule has 21 heavy (non-hydrogen) atoms. The van der Waals surface area contributed by atoms with Crippen molar-refractivity contribution in [2.75, 3.05) is 11.9 Å². The minimum atomic E-state index is 0.231. The van der Waals surface area contributed by atoms with E-state index in [2.05, 4.69) is 42.6 Å². The predicted molar refractivity (Wildman–Crippen MR) is 89.8 cm³/mol. The summed E-state index contributed by atoms with van der Waals surface area (Å²) in [7, 11) is 4.31. The molecule has 1 saturated carbocycles. The molecule has 1 atom stereocenters. The van der Waals surface area contributed by atoms with Crippen LogP contribution in [0.15, 0.2) is 0 Å². The normalized spacial score (nSPS) is 18.5. The molecule has 1 aromatic rings. The highest BCUT2D eigenvalue weighted by Crippen LogP contribution is 2.30. The van der Waals surface area contributed by atoms with Crippen LogP contribution < -0.4 is 10.6 Å². The Morgan fingerprint density at radius 3 is 2.48 bits per heavy atom. The fourth-order valence-corrected chi connectivity index (χ4v) is 3.59. The minimum Gasteiger partial charge on any atom is -0.357 e. The molecule has 0 saturated heterocycles. The van der Waals surface area contributed by atoms with Crippen LogP contribution in [0.4, 0.5) is 5.82 Å². The van der Waals surface area contributed by atoms with E-state index in [0.717, 1.165) is 18.5 Å². The van der Waals surface area contributed by atoms with Gasteiger partial charge in [0.2, 0.25) is 0 Å². The van der Waals surface area contributed by atoms with Gasteiger partial charge in [-0.1, -0.05) is 32.6 Å². The van der Waals surface area contributed by atoms with Gasteiger partial charge in [-0.15, -0.1) is 0 Å². The van der Waals surface area contributed by atoms with Gasteiger partial charge in [0.1, 0.15) is 5.82 Å². The molecule has 120 valence electrons. The van der Waals surface area contributed by atoms with Gasteiger partial charge in [0, 0.05) is 31.7 Å². The molecule has 2 N–H and O–H groups in total. The Kier molecular flexibility index (Phi) is 5.68. The van der Waals surface area contributed by atoms with Crippen molar-refractivity contribution in [3.05, 3.63) is 11.3 Å². The Hall–Kier alpha value is -1.03. The van der Waals surface area contributed by atoms with E-state index >= 15 is 0 Å². The van der Waals surface area contributed by atoms with Crippen molar-refractivity contribution in [3.8, 4) is 0 Å². The van der Waals surface area contributed by atoms with Crippen molar-refractivity contribution in [1.29, 1.82) is 0 Å². The Bertz CT molecular complexity index is 444. The number of nitrogens with two attached hydrogens (primary N) is 1. The zero-order valence-electron chi connectivity index (χ0n) is 14.2. The van der Waals surface area contributed by atoms with E-state index in [-0.39, 0.29) is 6.04 Å². The fraction of sp³-hybridized carbons (Fsp3) is 0.824. The van der Waals surface area contributed by atoms with Crippen LogP contribution in [0.2, 0.25) is 0 Å². The topological polar surface area (TPSA) is 47.1 Å². The van der Waals surface area contributed by atoms with Gasteiger partial charge in [0.15, 0.2) is 0 Å². The molecule has 1 fully saturated rings. The molecule has 0 spiro atoms. The lowest BCUT2D eigenvalue weighted by molar-refractivity contribution is 0.536. The Balaban J connectivity index is 2.24. The molecule has 1 heterocycles. The molecule has 1 aliphatic carbocycles. The predicted octanol–water partition coefficient (Wildman–Crippen LogP) is 3.17. The summed E-state index contributed by atoms with van der Waals surface area (Å²) in [4.78, 5) is 2.48. The van der Waals surface area contributed by atoms with Crippen LogP contribution in [0.5, 0.6) is 0 Å². The summed E-state index contributed by atoms with van der Waals surface area (Å²) < 4.78 is 2.05. The van der Waals surface area contributed by atoms with Gasteiger partial charge >= 0.3 is 0 Å². The van der Waals surface area contributed by atoms with E-state index in [0.29, 0.717) is 6.04 Å². The smallest absolute Gasteiger partial charge is 0.130 e. The van der Waals surface area contributed by atoms with Crippen molar-refractivity contribution < 1.29 is 0 Å². The van der Waals surface area contributed by atoms with Gasteiger partial charge in [0.25, 0.3) is 0 Å². The van der Waals surface area contributed by atoms with Crippen LogP contribution in [0.3, 0.4) is 0 Å². The number of anilines is 1. The summed E-state index contributed by atoms with van der Waals surface area (Å²) in [5.41, 5.74) is 8.68. The summed E-state index contributed by atoms with van der Waals surface area (Å²) in [6.45, 7) is 4.27. The molecule has 0 aromatic carbocycles. The highest BCUT2D eigenvalue weighted by atomic mass is 15.4. The molecule has 2 rings (SSSR count). The maximum Gasteiger partial charge on any atom is 0.130 e. The van der Waals surface area contributed by atoms with Crippen molar-refractivity contribution in [2.45, 2.75) is 77.3 Å². The number of aryl methyl sites for hydroxylation is 2. The first-order valence-corrected chi connectivity index (χ1v) is 8.55. The third-order valence-electron chi connectivity index (χ3n) is 5.01. The Labute approximate surface area is 129 Å². The molecule has 0 amide bonds. The van der Waals surface area contributed by atoms with E-state index in [4.69, 9.17) is 5.73 Å². The average Bonchev–Trinajstić information content (AvgIpc) is 2.66. The monoisotopic (exact) mass is 292 g/mol. The maximum absolute atomic E-state index is 6.20. The summed E-state index contributed by atoms with van der Waals surface area (Å²) in [5.74, 6) is 1.28. The SMILES string of the molecule is CCC(N)Cc1c(C)nn(C)c1N(C)C1CCCCCC1. The van der Waals surface area contributed by atoms with E-state index < -0.39 is 0 Å². The number of rotatable bonds is 5. The lowest BCUT2D eigenvalue weighted by Crippen LogP contribution is -2.34. The number of nitrogens with zero attached hydrogens (tertiary/aromatic N) is 3. The molecule has 0 bridgehead atoms. The van der Waals surface area contributed by atoms with Crippen molar-refractivity contribution >= 4 is 5.82 Å². The van der Waals surface area contributed by atoms with Gasteiger partial charge in [-0.3, -0.25) is 4.68 Å². The summed E-state index contributed by atoms with van der Waals surface area (Å²) in [5, 5.41) is 4.66. The van der Waals surface area contributed by atoms with Gasteiger partial charge in [-0.2, -0.15) is 5.10 Å². The van der Waals surface area contributed by atoms with E-state index in [1.807, 2.05) is 0 Å². The second kappa shape index (κ2) is 7.30. The molecule has 1 aliphatic rings. The highest BCUT2D eigenvalue weighted by Gasteiger charge is 2.24. The molecule has 0 aliphatic heterocycles. The minimum absolute atomic E-state index is 0.231. The zero-order chi connectivity index (χ0) is 15.4. The Morgan fingerprint density at radius 2 is 1.90 bits per heavy atom. The molecular formula is C17H32N4. The lowest BCUT2D eigenvalue weighted by Gasteiger charge is -2.30. The molecule has 1 aromatic heterocycles. The summed E-state index contributed by atoms with van der Waals surface area (Å²) >= 11 is 0. The van der Waals surface area contributed by atoms with Crippen LogP contribution in [-0.4, -0.2) is 28.9 Å². The standard InChI is InChI=1S/C17H32N4/c1-5-14(18)12-16-13(2)19-21(4)17(16)20(3)15-10-8-6-7-9-11-15/h14-15H,5-12,18H2,1-4H3. The van der Waals surface area contributed by atoms with Gasteiger partial charge in [-0.05, 0) is 32.6 Å². The summed E-state index contributed by atoms with van der Waals surface area (Å²) in [6, 6.07) is 0.882. The number of hydrogen-bond donors (Lipinski definition) is 1. The first-order chi connectivity index (χ1) is 10.0. The molecule has 4 heteroatoms. The van der Waals surface area contributed by atoms with Crippen LogP contribution in [0, 0.1) is 6.92 Å². The first-order valence-electron chi connectivity index (χ1n) is 8.55. The second-order valence-corrected chi connectivity index (χ2v) is 6.64. The van der Waals surface area contributed by atoms with E-state index in [1.54, 1.807) is 0 Å². The second-order valence-electron chi connectivity index (χ2n) is 6.64. The quantitative estimate of drug-likeness (QED) is 0.848. The highest BCUT2D eigenvalue weighted by molar-refractivity contribution is 5.51. The first kappa shape index (κ1) is 16.3. The molecule has 4 nitrogen and oxygen atoms in total. The van der Waals surface area contributed by atoms with Crippen LogP contribution in [-0.2, 0) is 13.5 Å². The van der Waals surface area contributed by atoms with Gasteiger partial charge in [0.05, 0.1) is 5.69 Å². The van der Waals surface area contributed by atoms with E-state index in [9.17, 15) is 0 Å². The van der Waals surface area contributed by atoms with Crippen LogP contribution in [0.1, 0.15) is 63.1 Å². The van der Waals surface area contributed by atoms with Crippen LogP contribution >= 0.6 is 0 Å².